The van der Waals surface area contributed by atoms with Gasteiger partial charge in [-0.05, 0) is 23.3 Å². The smallest absolute Gasteiger partial charge is 0.279 e. The lowest BCUT2D eigenvalue weighted by atomic mass is 9.76. The molecule has 0 radical (unpaired) electrons. The molecular formula is C23H21N3O2. The molecule has 3 aromatic carbocycles. The van der Waals surface area contributed by atoms with Gasteiger partial charge in [-0.2, -0.15) is 0 Å². The summed E-state index contributed by atoms with van der Waals surface area (Å²) in [6.07, 6.45) is 0. The number of aliphatic hydroxyl groups is 1. The number of rotatable bonds is 4. The normalized spacial score (nSPS) is 12.8. The van der Waals surface area contributed by atoms with E-state index < -0.39 is 11.5 Å². The second-order valence-corrected chi connectivity index (χ2v) is 6.88. The second-order valence-electron chi connectivity index (χ2n) is 6.88. The van der Waals surface area contributed by atoms with E-state index in [9.17, 15) is 9.90 Å². The van der Waals surface area contributed by atoms with Crippen molar-refractivity contribution in [2.24, 2.45) is 0 Å². The molecule has 1 atom stereocenters. The zero-order chi connectivity index (χ0) is 19.7. The summed E-state index contributed by atoms with van der Waals surface area (Å²) in [5, 5.41) is 12.4. The van der Waals surface area contributed by atoms with E-state index in [-0.39, 0.29) is 5.56 Å². The van der Waals surface area contributed by atoms with E-state index in [1.54, 1.807) is 18.2 Å². The highest BCUT2D eigenvalue weighted by molar-refractivity contribution is 5.77. The summed E-state index contributed by atoms with van der Waals surface area (Å²) >= 11 is 0. The summed E-state index contributed by atoms with van der Waals surface area (Å²) < 4.78 is 1.05. The Bertz CT molecular complexity index is 1130. The van der Waals surface area contributed by atoms with Gasteiger partial charge >= 0.3 is 0 Å². The molecule has 4 aromatic rings. The average molecular weight is 371 g/mol. The molecule has 28 heavy (non-hydrogen) atoms. The van der Waals surface area contributed by atoms with E-state index in [1.165, 1.54) is 0 Å². The highest BCUT2D eigenvalue weighted by atomic mass is 16.3. The van der Waals surface area contributed by atoms with Crippen LogP contribution in [0.4, 0.5) is 0 Å². The van der Waals surface area contributed by atoms with Crippen LogP contribution in [0, 0.1) is 0 Å². The average Bonchev–Trinajstić information content (AvgIpc) is 2.76. The fourth-order valence-electron chi connectivity index (χ4n) is 3.71. The number of hydrogen-bond acceptors (Lipinski definition) is 4. The summed E-state index contributed by atoms with van der Waals surface area (Å²) in [6.45, 7) is 1.83. The molecule has 0 saturated heterocycles. The molecule has 0 bridgehead atoms. The molecule has 5 heteroatoms. The number of aromatic nitrogens is 2. The number of nitrogen functional groups attached to an aromatic ring is 1. The van der Waals surface area contributed by atoms with Crippen LogP contribution in [0.1, 0.15) is 29.8 Å². The Kier molecular flexibility index (Phi) is 4.45. The second kappa shape index (κ2) is 6.94. The number of hydrogen-bond donors (Lipinski definition) is 2. The lowest BCUT2D eigenvalue weighted by Crippen LogP contribution is -2.40. The molecule has 0 aliphatic heterocycles. The molecule has 1 unspecified atom stereocenters. The van der Waals surface area contributed by atoms with Crippen LogP contribution in [0.5, 0.6) is 0 Å². The zero-order valence-electron chi connectivity index (χ0n) is 15.5. The van der Waals surface area contributed by atoms with Crippen LogP contribution in [0.2, 0.25) is 0 Å². The van der Waals surface area contributed by atoms with Gasteiger partial charge in [0.15, 0.2) is 0 Å². The largest absolute Gasteiger partial charge is 0.380 e. The van der Waals surface area contributed by atoms with Crippen LogP contribution >= 0.6 is 0 Å². The predicted octanol–water partition coefficient (Wildman–Crippen LogP) is 3.15. The van der Waals surface area contributed by atoms with E-state index >= 15 is 0 Å². The van der Waals surface area contributed by atoms with Gasteiger partial charge in [-0.3, -0.25) is 4.79 Å². The van der Waals surface area contributed by atoms with Crippen LogP contribution in [0.25, 0.3) is 10.9 Å². The lowest BCUT2D eigenvalue weighted by molar-refractivity contribution is 0.0515. The van der Waals surface area contributed by atoms with Crippen molar-refractivity contribution < 1.29 is 5.11 Å². The molecular weight excluding hydrogens is 350 g/mol. The lowest BCUT2D eigenvalue weighted by Gasteiger charge is -2.35. The van der Waals surface area contributed by atoms with Crippen LogP contribution in [-0.2, 0) is 5.60 Å². The molecule has 4 rings (SSSR count). The third kappa shape index (κ3) is 2.77. The summed E-state index contributed by atoms with van der Waals surface area (Å²) in [5.41, 5.74) is 0.216. The van der Waals surface area contributed by atoms with E-state index in [2.05, 4.69) is 4.98 Å². The van der Waals surface area contributed by atoms with Crippen LogP contribution in [0.15, 0.2) is 89.7 Å². The van der Waals surface area contributed by atoms with Crippen molar-refractivity contribution in [1.82, 2.24) is 9.66 Å². The number of nitrogens with zero attached hydrogens (tertiary/aromatic N) is 2. The van der Waals surface area contributed by atoms with Gasteiger partial charge in [0.05, 0.1) is 16.8 Å². The van der Waals surface area contributed by atoms with Crippen molar-refractivity contribution >= 4 is 10.9 Å². The van der Waals surface area contributed by atoms with Gasteiger partial charge in [0.1, 0.15) is 11.4 Å². The SMILES string of the molecule is CC(c1nc2ccccc2c(=O)n1N)C(O)(c1ccccc1)c1ccccc1. The van der Waals surface area contributed by atoms with Crippen molar-refractivity contribution in [1.29, 1.82) is 0 Å². The van der Waals surface area contributed by atoms with Gasteiger partial charge in [-0.15, -0.1) is 0 Å². The Labute approximate surface area is 162 Å². The van der Waals surface area contributed by atoms with Crippen molar-refractivity contribution in [2.75, 3.05) is 5.84 Å². The molecule has 0 spiro atoms. The maximum absolute atomic E-state index is 12.8. The third-order valence-corrected chi connectivity index (χ3v) is 5.28. The highest BCUT2D eigenvalue weighted by Crippen LogP contribution is 2.41. The van der Waals surface area contributed by atoms with Crippen LogP contribution in [-0.4, -0.2) is 14.8 Å². The molecule has 0 aliphatic rings. The standard InChI is InChI=1S/C23H21N3O2/c1-16(21-25-20-15-9-8-14-19(20)22(27)26(21)24)23(28,17-10-4-2-5-11-17)18-12-6-3-7-13-18/h2-16,28H,24H2,1H3. The van der Waals surface area contributed by atoms with Gasteiger partial charge in [-0.25, -0.2) is 9.66 Å². The minimum Gasteiger partial charge on any atom is -0.380 e. The van der Waals surface area contributed by atoms with Crippen molar-refractivity contribution in [2.45, 2.75) is 18.4 Å². The molecule has 0 amide bonds. The van der Waals surface area contributed by atoms with Gasteiger partial charge < -0.3 is 10.9 Å². The number of fused-ring (bicyclic) bond motifs is 1. The fourth-order valence-corrected chi connectivity index (χ4v) is 3.71. The first-order chi connectivity index (χ1) is 13.5. The Morgan fingerprint density at radius 1 is 0.893 bits per heavy atom. The molecule has 140 valence electrons. The minimum absolute atomic E-state index is 0.318. The first kappa shape index (κ1) is 17.9. The molecule has 0 saturated carbocycles. The summed E-state index contributed by atoms with van der Waals surface area (Å²) in [6, 6.07) is 25.8. The van der Waals surface area contributed by atoms with E-state index in [0.717, 1.165) is 4.68 Å². The summed E-state index contributed by atoms with van der Waals surface area (Å²) in [7, 11) is 0. The first-order valence-electron chi connectivity index (χ1n) is 9.13. The minimum atomic E-state index is -1.41. The number of nitrogens with two attached hydrogens (primary N) is 1. The summed E-state index contributed by atoms with van der Waals surface area (Å²) in [5.74, 6) is 5.87. The third-order valence-electron chi connectivity index (χ3n) is 5.28. The van der Waals surface area contributed by atoms with Gasteiger partial charge in [0.25, 0.3) is 5.56 Å². The van der Waals surface area contributed by atoms with Crippen molar-refractivity contribution in [3.05, 3.63) is 112 Å². The van der Waals surface area contributed by atoms with Crippen LogP contribution < -0.4 is 11.4 Å². The Hall–Kier alpha value is -3.44. The first-order valence-corrected chi connectivity index (χ1v) is 9.13. The molecule has 1 heterocycles. The predicted molar refractivity (Wildman–Crippen MR) is 110 cm³/mol. The molecule has 0 fully saturated rings. The fraction of sp³-hybridized carbons (Fsp3) is 0.130. The Morgan fingerprint density at radius 3 is 1.96 bits per heavy atom. The van der Waals surface area contributed by atoms with Crippen LogP contribution in [0.3, 0.4) is 0 Å². The molecule has 0 aliphatic carbocycles. The van der Waals surface area contributed by atoms with Crippen molar-refractivity contribution in [3.8, 4) is 0 Å². The molecule has 3 N–H and O–H groups in total. The van der Waals surface area contributed by atoms with Gasteiger partial charge in [0, 0.05) is 0 Å². The van der Waals surface area contributed by atoms with Gasteiger partial charge in [-0.1, -0.05) is 79.7 Å². The van der Waals surface area contributed by atoms with Crippen molar-refractivity contribution in [3.63, 3.8) is 0 Å². The topological polar surface area (TPSA) is 81.1 Å². The number of benzene rings is 3. The van der Waals surface area contributed by atoms with E-state index in [1.807, 2.05) is 73.7 Å². The summed E-state index contributed by atoms with van der Waals surface area (Å²) in [4.78, 5) is 17.4. The maximum Gasteiger partial charge on any atom is 0.279 e. The highest BCUT2D eigenvalue weighted by Gasteiger charge is 2.40. The van der Waals surface area contributed by atoms with E-state index in [4.69, 9.17) is 5.84 Å². The van der Waals surface area contributed by atoms with E-state index in [0.29, 0.717) is 27.9 Å². The zero-order valence-corrected chi connectivity index (χ0v) is 15.5. The Morgan fingerprint density at radius 2 is 1.39 bits per heavy atom. The Balaban J connectivity index is 1.97. The quantitative estimate of drug-likeness (QED) is 0.540. The monoisotopic (exact) mass is 371 g/mol. The number of para-hydroxylation sites is 1. The van der Waals surface area contributed by atoms with Gasteiger partial charge in [0.2, 0.25) is 0 Å². The molecule has 5 nitrogen and oxygen atoms in total. The molecule has 1 aromatic heterocycles. The maximum atomic E-state index is 12.8.